The van der Waals surface area contributed by atoms with Crippen LogP contribution in [0.2, 0.25) is 0 Å². The molecule has 4 aromatic rings. The normalized spacial score (nSPS) is 12.0. The highest BCUT2D eigenvalue weighted by Crippen LogP contribution is 2.39. The molecule has 1 aliphatic carbocycles. The van der Waals surface area contributed by atoms with Gasteiger partial charge in [0, 0.05) is 10.6 Å². The zero-order valence-corrected chi connectivity index (χ0v) is 20.7. The van der Waals surface area contributed by atoms with Crippen molar-refractivity contribution in [3.8, 4) is 17.2 Å². The Balaban J connectivity index is 1.28. The Bertz CT molecular complexity index is 1360. The van der Waals surface area contributed by atoms with Gasteiger partial charge < -0.3 is 20.1 Å². The minimum absolute atomic E-state index is 0.156. The lowest BCUT2D eigenvalue weighted by atomic mass is 10.1. The van der Waals surface area contributed by atoms with E-state index < -0.39 is 0 Å². The maximum absolute atomic E-state index is 13.3. The molecular weight excluding hydrogens is 472 g/mol. The van der Waals surface area contributed by atoms with Gasteiger partial charge in [-0.2, -0.15) is 0 Å². The summed E-state index contributed by atoms with van der Waals surface area (Å²) in [6, 6.07) is 24.2. The number of hydrogen-bond donors (Lipinski definition) is 2. The van der Waals surface area contributed by atoms with Crippen molar-refractivity contribution in [2.24, 2.45) is 0 Å². The van der Waals surface area contributed by atoms with E-state index in [0.717, 1.165) is 41.9 Å². The summed E-state index contributed by atoms with van der Waals surface area (Å²) < 4.78 is 11.0. The first-order valence-electron chi connectivity index (χ1n) is 11.8. The Morgan fingerprint density at radius 2 is 1.53 bits per heavy atom. The fraction of sp³-hybridized carbons (Fsp3) is 0.172. The lowest BCUT2D eigenvalue weighted by Crippen LogP contribution is -2.19. The fourth-order valence-corrected chi connectivity index (χ4v) is 5.56. The number of amides is 2. The van der Waals surface area contributed by atoms with Gasteiger partial charge in [-0.15, -0.1) is 11.3 Å². The number of aryl methyl sites for hydroxylation is 1. The van der Waals surface area contributed by atoms with E-state index >= 15 is 0 Å². The van der Waals surface area contributed by atoms with Crippen LogP contribution >= 0.6 is 11.3 Å². The summed E-state index contributed by atoms with van der Waals surface area (Å²) in [5, 5.41) is 6.59. The number of fused-ring (bicyclic) bond motifs is 1. The standard InChI is InChI=1S/C29H26N2O4S/c1-34-21-14-10-19(11-15-21)18-26(32)31-29-27(24-8-5-9-25(24)36-29)28(33)30-20-12-16-23(17-13-20)35-22-6-3-2-4-7-22/h2-4,6-7,10-17H,5,8-9,18H2,1H3,(H,30,33)(H,31,32). The van der Waals surface area contributed by atoms with Gasteiger partial charge in [0.1, 0.15) is 22.2 Å². The van der Waals surface area contributed by atoms with Crippen LogP contribution in [0.15, 0.2) is 78.9 Å². The molecule has 36 heavy (non-hydrogen) atoms. The second-order valence-electron chi connectivity index (χ2n) is 8.53. The molecule has 3 aromatic carbocycles. The Kier molecular flexibility index (Phi) is 7.00. The number of nitrogens with one attached hydrogen (secondary N) is 2. The molecule has 182 valence electrons. The monoisotopic (exact) mass is 498 g/mol. The molecule has 5 rings (SSSR count). The van der Waals surface area contributed by atoms with Gasteiger partial charge in [0.05, 0.1) is 19.1 Å². The zero-order chi connectivity index (χ0) is 24.9. The van der Waals surface area contributed by atoms with Crippen molar-refractivity contribution in [2.75, 3.05) is 17.7 Å². The molecular formula is C29H26N2O4S. The fourth-order valence-electron chi connectivity index (χ4n) is 4.26. The topological polar surface area (TPSA) is 76.7 Å². The molecule has 1 aliphatic rings. The number of thiophene rings is 1. The first-order chi connectivity index (χ1) is 17.6. The van der Waals surface area contributed by atoms with Crippen LogP contribution in [0.5, 0.6) is 17.2 Å². The second-order valence-corrected chi connectivity index (χ2v) is 9.63. The van der Waals surface area contributed by atoms with Crippen molar-refractivity contribution >= 4 is 33.8 Å². The molecule has 0 radical (unpaired) electrons. The smallest absolute Gasteiger partial charge is 0.258 e. The Morgan fingerprint density at radius 3 is 2.25 bits per heavy atom. The molecule has 0 saturated carbocycles. The average molecular weight is 499 g/mol. The van der Waals surface area contributed by atoms with Crippen LogP contribution in [-0.2, 0) is 24.1 Å². The van der Waals surface area contributed by atoms with E-state index in [0.29, 0.717) is 22.0 Å². The third-order valence-corrected chi connectivity index (χ3v) is 7.22. The summed E-state index contributed by atoms with van der Waals surface area (Å²) >= 11 is 1.50. The Hall–Kier alpha value is -4.10. The molecule has 0 aliphatic heterocycles. The molecule has 2 N–H and O–H groups in total. The van der Waals surface area contributed by atoms with Gasteiger partial charge in [-0.25, -0.2) is 0 Å². The number of ether oxygens (including phenoxy) is 2. The van der Waals surface area contributed by atoms with Crippen molar-refractivity contribution in [2.45, 2.75) is 25.7 Å². The second kappa shape index (κ2) is 10.7. The first-order valence-corrected chi connectivity index (χ1v) is 12.6. The van der Waals surface area contributed by atoms with E-state index in [1.165, 1.54) is 16.2 Å². The van der Waals surface area contributed by atoms with Crippen molar-refractivity contribution < 1.29 is 19.1 Å². The van der Waals surface area contributed by atoms with Gasteiger partial charge >= 0.3 is 0 Å². The van der Waals surface area contributed by atoms with Crippen LogP contribution in [0.25, 0.3) is 0 Å². The molecule has 1 aromatic heterocycles. The quantitative estimate of drug-likeness (QED) is 0.292. The van der Waals surface area contributed by atoms with Gasteiger partial charge in [-0.1, -0.05) is 30.3 Å². The number of anilines is 2. The minimum atomic E-state index is -0.217. The van der Waals surface area contributed by atoms with Crippen molar-refractivity contribution in [3.05, 3.63) is 100 Å². The Morgan fingerprint density at radius 1 is 0.833 bits per heavy atom. The molecule has 6 nitrogen and oxygen atoms in total. The van der Waals surface area contributed by atoms with E-state index in [9.17, 15) is 9.59 Å². The van der Waals surface area contributed by atoms with Gasteiger partial charge in [0.15, 0.2) is 0 Å². The predicted molar refractivity (Wildman–Crippen MR) is 143 cm³/mol. The lowest BCUT2D eigenvalue weighted by molar-refractivity contribution is -0.115. The molecule has 0 atom stereocenters. The molecule has 0 saturated heterocycles. The van der Waals surface area contributed by atoms with Gasteiger partial charge in [-0.3, -0.25) is 9.59 Å². The first kappa shape index (κ1) is 23.6. The molecule has 0 bridgehead atoms. The maximum atomic E-state index is 13.3. The Labute approximate surface area is 213 Å². The third kappa shape index (κ3) is 5.42. The molecule has 7 heteroatoms. The molecule has 0 unspecified atom stereocenters. The van der Waals surface area contributed by atoms with Crippen LogP contribution in [0.3, 0.4) is 0 Å². The van der Waals surface area contributed by atoms with Crippen LogP contribution < -0.4 is 20.1 Å². The average Bonchev–Trinajstić information content (AvgIpc) is 3.47. The molecule has 2 amide bonds. The number of carbonyl (C=O) groups is 2. The number of hydrogen-bond acceptors (Lipinski definition) is 5. The predicted octanol–water partition coefficient (Wildman–Crippen LogP) is 6.47. The van der Waals surface area contributed by atoms with Crippen LogP contribution in [0.1, 0.15) is 32.8 Å². The maximum Gasteiger partial charge on any atom is 0.258 e. The van der Waals surface area contributed by atoms with E-state index in [4.69, 9.17) is 9.47 Å². The number of rotatable bonds is 8. The summed E-state index contributed by atoms with van der Waals surface area (Å²) in [5.41, 5.74) is 3.15. The summed E-state index contributed by atoms with van der Waals surface area (Å²) in [5.74, 6) is 1.80. The van der Waals surface area contributed by atoms with Crippen molar-refractivity contribution in [1.82, 2.24) is 0 Å². The molecule has 0 fully saturated rings. The van der Waals surface area contributed by atoms with Crippen molar-refractivity contribution in [1.29, 1.82) is 0 Å². The highest BCUT2D eigenvalue weighted by Gasteiger charge is 2.27. The van der Waals surface area contributed by atoms with E-state index in [1.807, 2.05) is 78.9 Å². The van der Waals surface area contributed by atoms with Crippen LogP contribution in [0, 0.1) is 0 Å². The number of benzene rings is 3. The third-order valence-electron chi connectivity index (χ3n) is 6.02. The summed E-state index contributed by atoms with van der Waals surface area (Å²) in [6.07, 6.45) is 3.01. The van der Waals surface area contributed by atoms with E-state index in [2.05, 4.69) is 10.6 Å². The molecule has 0 spiro atoms. The summed E-state index contributed by atoms with van der Waals surface area (Å²) in [7, 11) is 1.61. The lowest BCUT2D eigenvalue weighted by Gasteiger charge is -2.11. The van der Waals surface area contributed by atoms with Gasteiger partial charge in [0.25, 0.3) is 5.91 Å². The largest absolute Gasteiger partial charge is 0.497 e. The van der Waals surface area contributed by atoms with Crippen LogP contribution in [-0.4, -0.2) is 18.9 Å². The van der Waals surface area contributed by atoms with Gasteiger partial charge in [-0.05, 0) is 78.9 Å². The number of para-hydroxylation sites is 1. The molecule has 1 heterocycles. The van der Waals surface area contributed by atoms with E-state index in [-0.39, 0.29) is 18.2 Å². The van der Waals surface area contributed by atoms with Crippen LogP contribution in [0.4, 0.5) is 10.7 Å². The summed E-state index contributed by atoms with van der Waals surface area (Å²) in [4.78, 5) is 27.3. The zero-order valence-electron chi connectivity index (χ0n) is 19.9. The van der Waals surface area contributed by atoms with Gasteiger partial charge in [0.2, 0.25) is 5.91 Å². The highest BCUT2D eigenvalue weighted by atomic mass is 32.1. The minimum Gasteiger partial charge on any atom is -0.497 e. The van der Waals surface area contributed by atoms with E-state index in [1.54, 1.807) is 7.11 Å². The highest BCUT2D eigenvalue weighted by molar-refractivity contribution is 7.17. The SMILES string of the molecule is COc1ccc(CC(=O)Nc2sc3c(c2C(=O)Nc2ccc(Oc4ccccc4)cc2)CCC3)cc1. The van der Waals surface area contributed by atoms with Crippen molar-refractivity contribution in [3.63, 3.8) is 0 Å². The number of carbonyl (C=O) groups excluding carboxylic acids is 2. The number of methoxy groups -OCH3 is 1. The summed E-state index contributed by atoms with van der Waals surface area (Å²) in [6.45, 7) is 0.